The van der Waals surface area contributed by atoms with Gasteiger partial charge in [0.2, 0.25) is 5.60 Å². The fourth-order valence-electron chi connectivity index (χ4n) is 2.62. The molecule has 1 aliphatic rings. The predicted octanol–water partition coefficient (Wildman–Crippen LogP) is 2.49. The Morgan fingerprint density at radius 1 is 1.10 bits per heavy atom. The van der Waals surface area contributed by atoms with Gasteiger partial charge in [0, 0.05) is 5.92 Å². The van der Waals surface area contributed by atoms with Crippen molar-refractivity contribution in [2.24, 2.45) is 5.73 Å². The molecule has 0 radical (unpaired) electrons. The molecule has 0 bridgehead atoms. The summed E-state index contributed by atoms with van der Waals surface area (Å²) in [4.78, 5) is 12.1. The first-order valence-electron chi connectivity index (χ1n) is 6.89. The number of amides is 1. The molecule has 4 heteroatoms. The number of fused-ring (bicyclic) bond motifs is 1. The minimum absolute atomic E-state index is 0.107. The SMILES string of the molecule is C[C@H](c1ccccc1)C1(C(N)=O)COc2ccccc2O1. The number of rotatable bonds is 3. The fourth-order valence-corrected chi connectivity index (χ4v) is 2.62. The molecule has 2 N–H and O–H groups in total. The lowest BCUT2D eigenvalue weighted by Crippen LogP contribution is -2.58. The topological polar surface area (TPSA) is 61.6 Å². The molecule has 0 saturated heterocycles. The molecule has 2 aromatic rings. The molecule has 0 saturated carbocycles. The Hall–Kier alpha value is -2.49. The molecule has 3 rings (SSSR count). The van der Waals surface area contributed by atoms with Gasteiger partial charge >= 0.3 is 0 Å². The van der Waals surface area contributed by atoms with Crippen LogP contribution in [-0.4, -0.2) is 18.1 Å². The maximum absolute atomic E-state index is 12.1. The first-order valence-corrected chi connectivity index (χ1v) is 6.89. The van der Waals surface area contributed by atoms with Crippen LogP contribution >= 0.6 is 0 Å². The first kappa shape index (κ1) is 13.5. The van der Waals surface area contributed by atoms with Gasteiger partial charge in [-0.15, -0.1) is 0 Å². The molecule has 1 heterocycles. The van der Waals surface area contributed by atoms with E-state index in [1.54, 1.807) is 6.07 Å². The van der Waals surface area contributed by atoms with E-state index in [9.17, 15) is 4.79 Å². The summed E-state index contributed by atoms with van der Waals surface area (Å²) in [6, 6.07) is 17.0. The van der Waals surface area contributed by atoms with Crippen molar-refractivity contribution in [3.63, 3.8) is 0 Å². The lowest BCUT2D eigenvalue weighted by atomic mass is 9.82. The number of carbonyl (C=O) groups is 1. The smallest absolute Gasteiger partial charge is 0.265 e. The van der Waals surface area contributed by atoms with Crippen LogP contribution in [0.15, 0.2) is 54.6 Å². The zero-order chi connectivity index (χ0) is 14.9. The maximum atomic E-state index is 12.1. The van der Waals surface area contributed by atoms with Gasteiger partial charge < -0.3 is 15.2 Å². The van der Waals surface area contributed by atoms with Crippen LogP contribution in [0.3, 0.4) is 0 Å². The van der Waals surface area contributed by atoms with Crippen molar-refractivity contribution in [3.8, 4) is 11.5 Å². The second kappa shape index (κ2) is 5.13. The molecule has 1 amide bonds. The summed E-state index contributed by atoms with van der Waals surface area (Å²) in [6.45, 7) is 2.03. The quantitative estimate of drug-likeness (QED) is 0.941. The van der Waals surface area contributed by atoms with E-state index >= 15 is 0 Å². The molecule has 4 nitrogen and oxygen atoms in total. The third-order valence-electron chi connectivity index (χ3n) is 4.00. The van der Waals surface area contributed by atoms with Gasteiger partial charge in [-0.1, -0.05) is 49.4 Å². The molecule has 1 unspecified atom stereocenters. The number of para-hydroxylation sites is 2. The third kappa shape index (κ3) is 2.23. The lowest BCUT2D eigenvalue weighted by molar-refractivity contribution is -0.141. The highest BCUT2D eigenvalue weighted by atomic mass is 16.6. The average Bonchev–Trinajstić information content (AvgIpc) is 2.54. The Labute approximate surface area is 123 Å². The van der Waals surface area contributed by atoms with Gasteiger partial charge in [-0.3, -0.25) is 4.79 Å². The molecule has 0 aromatic heterocycles. The van der Waals surface area contributed by atoms with Gasteiger partial charge in [-0.2, -0.15) is 0 Å². The van der Waals surface area contributed by atoms with Crippen LogP contribution in [0.4, 0.5) is 0 Å². The van der Waals surface area contributed by atoms with Crippen LogP contribution in [0, 0.1) is 0 Å². The summed E-state index contributed by atoms with van der Waals surface area (Å²) in [7, 11) is 0. The van der Waals surface area contributed by atoms with Gasteiger partial charge in [0.25, 0.3) is 5.91 Å². The van der Waals surface area contributed by atoms with Crippen molar-refractivity contribution in [3.05, 3.63) is 60.2 Å². The van der Waals surface area contributed by atoms with E-state index in [4.69, 9.17) is 15.2 Å². The van der Waals surface area contributed by atoms with E-state index in [0.717, 1.165) is 5.56 Å². The Balaban J connectivity index is 2.01. The number of ether oxygens (including phenoxy) is 2. The number of hydrogen-bond donors (Lipinski definition) is 1. The zero-order valence-electron chi connectivity index (χ0n) is 11.8. The molecule has 2 aromatic carbocycles. The average molecular weight is 283 g/mol. The summed E-state index contributed by atoms with van der Waals surface area (Å²) in [5.74, 6) is 0.442. The lowest BCUT2D eigenvalue weighted by Gasteiger charge is -2.40. The van der Waals surface area contributed by atoms with Gasteiger partial charge in [0.1, 0.15) is 6.61 Å². The summed E-state index contributed by atoms with van der Waals surface area (Å²) in [6.07, 6.45) is 0. The third-order valence-corrected chi connectivity index (χ3v) is 4.00. The highest BCUT2D eigenvalue weighted by Crippen LogP contribution is 2.41. The van der Waals surface area contributed by atoms with E-state index in [1.165, 1.54) is 0 Å². The predicted molar refractivity (Wildman–Crippen MR) is 79.3 cm³/mol. The second-order valence-corrected chi connectivity index (χ2v) is 5.22. The standard InChI is InChI=1S/C17H17NO3/c1-12(13-7-3-2-4-8-13)17(16(18)19)11-20-14-9-5-6-10-15(14)21-17/h2-10,12H,11H2,1H3,(H2,18,19)/t12-,17?/m1/s1. The van der Waals surface area contributed by atoms with E-state index < -0.39 is 11.5 Å². The van der Waals surface area contributed by atoms with Gasteiger partial charge in [-0.25, -0.2) is 0 Å². The Morgan fingerprint density at radius 3 is 2.38 bits per heavy atom. The Bertz CT molecular complexity index is 656. The van der Waals surface area contributed by atoms with E-state index in [-0.39, 0.29) is 12.5 Å². The molecule has 2 atom stereocenters. The van der Waals surface area contributed by atoms with Gasteiger partial charge in [0.15, 0.2) is 11.5 Å². The van der Waals surface area contributed by atoms with Crippen LogP contribution in [0.25, 0.3) is 0 Å². The fraction of sp³-hybridized carbons (Fsp3) is 0.235. The first-order chi connectivity index (χ1) is 10.1. The summed E-state index contributed by atoms with van der Waals surface area (Å²) in [5, 5.41) is 0. The van der Waals surface area contributed by atoms with Crippen molar-refractivity contribution in [2.45, 2.75) is 18.4 Å². The van der Waals surface area contributed by atoms with Crippen molar-refractivity contribution < 1.29 is 14.3 Å². The zero-order valence-corrected chi connectivity index (χ0v) is 11.8. The number of carbonyl (C=O) groups excluding carboxylic acids is 1. The molecule has 0 spiro atoms. The number of nitrogens with two attached hydrogens (primary N) is 1. The van der Waals surface area contributed by atoms with Crippen molar-refractivity contribution in [1.82, 2.24) is 0 Å². The van der Waals surface area contributed by atoms with E-state index in [2.05, 4.69) is 0 Å². The highest BCUT2D eigenvalue weighted by Gasteiger charge is 2.49. The Morgan fingerprint density at radius 2 is 1.71 bits per heavy atom. The van der Waals surface area contributed by atoms with E-state index in [0.29, 0.717) is 11.5 Å². The minimum Gasteiger partial charge on any atom is -0.485 e. The molecule has 1 aliphatic heterocycles. The Kier molecular flexibility index (Phi) is 3.29. The van der Waals surface area contributed by atoms with E-state index in [1.807, 2.05) is 55.5 Å². The van der Waals surface area contributed by atoms with Crippen LogP contribution in [0.1, 0.15) is 18.4 Å². The largest absolute Gasteiger partial charge is 0.485 e. The molecule has 0 fully saturated rings. The van der Waals surface area contributed by atoms with Gasteiger partial charge in [-0.05, 0) is 17.7 Å². The summed E-state index contributed by atoms with van der Waals surface area (Å²) in [5.41, 5.74) is 5.44. The number of primary amides is 1. The van der Waals surface area contributed by atoms with Gasteiger partial charge in [0.05, 0.1) is 0 Å². The molecular weight excluding hydrogens is 266 g/mol. The van der Waals surface area contributed by atoms with Crippen molar-refractivity contribution in [1.29, 1.82) is 0 Å². The number of benzene rings is 2. The summed E-state index contributed by atoms with van der Waals surface area (Å²) >= 11 is 0. The normalized spacial score (nSPS) is 21.6. The minimum atomic E-state index is -1.20. The molecular formula is C17H17NO3. The summed E-state index contributed by atoms with van der Waals surface area (Å²) < 4.78 is 11.7. The van der Waals surface area contributed by atoms with Crippen molar-refractivity contribution >= 4 is 5.91 Å². The molecule has 21 heavy (non-hydrogen) atoms. The van der Waals surface area contributed by atoms with Crippen molar-refractivity contribution in [2.75, 3.05) is 6.61 Å². The second-order valence-electron chi connectivity index (χ2n) is 5.22. The molecule has 108 valence electrons. The highest BCUT2D eigenvalue weighted by molar-refractivity contribution is 5.86. The molecule has 0 aliphatic carbocycles. The van der Waals surface area contributed by atoms with Crippen LogP contribution < -0.4 is 15.2 Å². The van der Waals surface area contributed by atoms with Crippen LogP contribution in [0.5, 0.6) is 11.5 Å². The monoisotopic (exact) mass is 283 g/mol. The van der Waals surface area contributed by atoms with Crippen LogP contribution in [0.2, 0.25) is 0 Å². The van der Waals surface area contributed by atoms with Crippen LogP contribution in [-0.2, 0) is 4.79 Å². The number of hydrogen-bond acceptors (Lipinski definition) is 3. The maximum Gasteiger partial charge on any atom is 0.265 e.